The number of rotatable bonds is 3. The maximum atomic E-state index is 11.5. The third-order valence-electron chi connectivity index (χ3n) is 2.70. The lowest BCUT2D eigenvalue weighted by molar-refractivity contribution is 0.0593. The highest BCUT2D eigenvalue weighted by molar-refractivity contribution is 9.10. The molecular formula is C13H13BrN2O2. The third kappa shape index (κ3) is 2.46. The van der Waals surface area contributed by atoms with Crippen LogP contribution in [0.1, 0.15) is 21.9 Å². The van der Waals surface area contributed by atoms with Crippen LogP contribution in [0.2, 0.25) is 0 Å². The number of halogens is 1. The van der Waals surface area contributed by atoms with Gasteiger partial charge in [-0.1, -0.05) is 30.3 Å². The van der Waals surface area contributed by atoms with Gasteiger partial charge in [-0.25, -0.2) is 9.78 Å². The summed E-state index contributed by atoms with van der Waals surface area (Å²) < 4.78 is 7.18. The van der Waals surface area contributed by atoms with Crippen LogP contribution in [0.15, 0.2) is 34.9 Å². The summed E-state index contributed by atoms with van der Waals surface area (Å²) in [6.45, 7) is 0. The van der Waals surface area contributed by atoms with E-state index in [-0.39, 0.29) is 0 Å². The molecule has 0 aliphatic rings. The predicted octanol–water partition coefficient (Wildman–Crippen LogP) is 2.56. The molecule has 0 unspecified atom stereocenters. The molecule has 1 heterocycles. The zero-order valence-corrected chi connectivity index (χ0v) is 11.8. The third-order valence-corrected chi connectivity index (χ3v) is 3.61. The molecular weight excluding hydrogens is 296 g/mol. The van der Waals surface area contributed by atoms with E-state index < -0.39 is 5.97 Å². The van der Waals surface area contributed by atoms with Crippen LogP contribution in [0.25, 0.3) is 0 Å². The molecule has 0 N–H and O–H groups in total. The molecule has 2 aromatic rings. The first-order valence-electron chi connectivity index (χ1n) is 5.46. The first-order chi connectivity index (χ1) is 8.63. The highest BCUT2D eigenvalue weighted by Crippen LogP contribution is 2.20. The van der Waals surface area contributed by atoms with Gasteiger partial charge in [0.2, 0.25) is 0 Å². The van der Waals surface area contributed by atoms with Gasteiger partial charge in [0, 0.05) is 13.5 Å². The van der Waals surface area contributed by atoms with Crippen LogP contribution in [-0.4, -0.2) is 22.6 Å². The minimum Gasteiger partial charge on any atom is -0.464 e. The second-order valence-electron chi connectivity index (χ2n) is 3.88. The van der Waals surface area contributed by atoms with Gasteiger partial charge in [0.1, 0.15) is 10.4 Å². The summed E-state index contributed by atoms with van der Waals surface area (Å²) in [5.74, 6) is 0.380. The molecule has 2 rings (SSSR count). The number of esters is 1. The molecule has 0 saturated heterocycles. The standard InChI is InChI=1S/C13H13BrN2O2/c1-16-10(8-9-6-4-3-5-7-9)15-11(12(16)14)13(17)18-2/h3-7H,8H2,1-2H3. The van der Waals surface area contributed by atoms with Crippen LogP contribution in [0, 0.1) is 0 Å². The molecule has 1 aromatic carbocycles. The fourth-order valence-corrected chi connectivity index (χ4v) is 2.14. The Balaban J connectivity index is 2.32. The van der Waals surface area contributed by atoms with Crippen LogP contribution in [0.4, 0.5) is 0 Å². The van der Waals surface area contributed by atoms with Crippen molar-refractivity contribution in [3.05, 3.63) is 52.0 Å². The van der Waals surface area contributed by atoms with Crippen LogP contribution in [0.5, 0.6) is 0 Å². The SMILES string of the molecule is COC(=O)c1nc(Cc2ccccc2)n(C)c1Br. The van der Waals surface area contributed by atoms with E-state index in [9.17, 15) is 4.79 Å². The number of carbonyl (C=O) groups excluding carboxylic acids is 1. The minimum atomic E-state index is -0.434. The van der Waals surface area contributed by atoms with Gasteiger partial charge in [-0.05, 0) is 21.5 Å². The maximum Gasteiger partial charge on any atom is 0.359 e. The molecule has 0 aliphatic carbocycles. The molecule has 94 valence electrons. The first kappa shape index (κ1) is 12.8. The van der Waals surface area contributed by atoms with E-state index in [1.165, 1.54) is 7.11 Å². The van der Waals surface area contributed by atoms with Gasteiger partial charge < -0.3 is 9.30 Å². The highest BCUT2D eigenvalue weighted by Gasteiger charge is 2.19. The fourth-order valence-electron chi connectivity index (χ4n) is 1.69. The van der Waals surface area contributed by atoms with Crippen molar-refractivity contribution in [1.82, 2.24) is 9.55 Å². The van der Waals surface area contributed by atoms with Crippen LogP contribution in [0.3, 0.4) is 0 Å². The normalized spacial score (nSPS) is 10.4. The van der Waals surface area contributed by atoms with E-state index in [1.807, 2.05) is 41.9 Å². The average molecular weight is 309 g/mol. The summed E-state index contributed by atoms with van der Waals surface area (Å²) >= 11 is 3.36. The molecule has 0 aliphatic heterocycles. The summed E-state index contributed by atoms with van der Waals surface area (Å²) in [5, 5.41) is 0. The Bertz CT molecular complexity index is 564. The average Bonchev–Trinajstić information content (AvgIpc) is 2.67. The Labute approximate surface area is 114 Å². The maximum absolute atomic E-state index is 11.5. The number of carbonyl (C=O) groups is 1. The van der Waals surface area contributed by atoms with Gasteiger partial charge >= 0.3 is 5.97 Å². The second kappa shape index (κ2) is 5.35. The van der Waals surface area contributed by atoms with Gasteiger partial charge in [0.25, 0.3) is 0 Å². The van der Waals surface area contributed by atoms with Crippen LogP contribution >= 0.6 is 15.9 Å². The summed E-state index contributed by atoms with van der Waals surface area (Å²) in [6, 6.07) is 9.99. The van der Waals surface area contributed by atoms with Gasteiger partial charge in [-0.15, -0.1) is 0 Å². The van der Waals surface area contributed by atoms with E-state index in [4.69, 9.17) is 4.74 Å². The number of hydrogen-bond donors (Lipinski definition) is 0. The van der Waals surface area contributed by atoms with E-state index in [1.54, 1.807) is 0 Å². The topological polar surface area (TPSA) is 44.1 Å². The molecule has 18 heavy (non-hydrogen) atoms. The van der Waals surface area contributed by atoms with Gasteiger partial charge in [0.15, 0.2) is 5.69 Å². The zero-order valence-electron chi connectivity index (χ0n) is 10.2. The van der Waals surface area contributed by atoms with Crippen molar-refractivity contribution in [3.63, 3.8) is 0 Å². The van der Waals surface area contributed by atoms with E-state index in [0.717, 1.165) is 11.4 Å². The van der Waals surface area contributed by atoms with Gasteiger partial charge in [-0.3, -0.25) is 0 Å². The molecule has 0 radical (unpaired) electrons. The lowest BCUT2D eigenvalue weighted by Crippen LogP contribution is -2.02. The Morgan fingerprint density at radius 1 is 1.39 bits per heavy atom. The van der Waals surface area contributed by atoms with Gasteiger partial charge in [0.05, 0.1) is 7.11 Å². The molecule has 0 spiro atoms. The number of nitrogens with zero attached hydrogens (tertiary/aromatic N) is 2. The fraction of sp³-hybridized carbons (Fsp3) is 0.231. The largest absolute Gasteiger partial charge is 0.464 e. The zero-order chi connectivity index (χ0) is 13.1. The number of aromatic nitrogens is 2. The lowest BCUT2D eigenvalue weighted by atomic mass is 10.1. The highest BCUT2D eigenvalue weighted by atomic mass is 79.9. The van der Waals surface area contributed by atoms with Crippen molar-refractivity contribution in [2.45, 2.75) is 6.42 Å². The Morgan fingerprint density at radius 2 is 2.06 bits per heavy atom. The number of benzene rings is 1. The monoisotopic (exact) mass is 308 g/mol. The van der Waals surface area contributed by atoms with Crippen molar-refractivity contribution in [2.75, 3.05) is 7.11 Å². The number of imidazole rings is 1. The minimum absolute atomic E-state index is 0.311. The van der Waals surface area contributed by atoms with Crippen LogP contribution in [-0.2, 0) is 18.2 Å². The molecule has 1 aromatic heterocycles. The molecule has 0 fully saturated rings. The summed E-state index contributed by atoms with van der Waals surface area (Å²) in [7, 11) is 3.21. The molecule has 0 atom stereocenters. The quantitative estimate of drug-likeness (QED) is 0.819. The Morgan fingerprint density at radius 3 is 2.67 bits per heavy atom. The lowest BCUT2D eigenvalue weighted by Gasteiger charge is -2.02. The molecule has 0 amide bonds. The smallest absolute Gasteiger partial charge is 0.359 e. The molecule has 4 nitrogen and oxygen atoms in total. The van der Waals surface area contributed by atoms with Crippen molar-refractivity contribution < 1.29 is 9.53 Å². The number of ether oxygens (including phenoxy) is 1. The van der Waals surface area contributed by atoms with E-state index in [0.29, 0.717) is 16.7 Å². The van der Waals surface area contributed by atoms with Gasteiger partial charge in [-0.2, -0.15) is 0 Å². The number of hydrogen-bond acceptors (Lipinski definition) is 3. The van der Waals surface area contributed by atoms with Crippen molar-refractivity contribution in [1.29, 1.82) is 0 Å². The first-order valence-corrected chi connectivity index (χ1v) is 6.26. The van der Waals surface area contributed by atoms with Crippen molar-refractivity contribution >= 4 is 21.9 Å². The summed E-state index contributed by atoms with van der Waals surface area (Å²) in [6.07, 6.45) is 0.674. The molecule has 0 bridgehead atoms. The second-order valence-corrected chi connectivity index (χ2v) is 4.63. The predicted molar refractivity (Wildman–Crippen MR) is 71.5 cm³/mol. The van der Waals surface area contributed by atoms with Crippen molar-refractivity contribution in [3.8, 4) is 0 Å². The Hall–Kier alpha value is -1.62. The Kier molecular flexibility index (Phi) is 3.81. The summed E-state index contributed by atoms with van der Waals surface area (Å²) in [5.41, 5.74) is 1.46. The van der Waals surface area contributed by atoms with E-state index >= 15 is 0 Å². The van der Waals surface area contributed by atoms with Crippen LogP contribution < -0.4 is 0 Å². The van der Waals surface area contributed by atoms with Crippen molar-refractivity contribution in [2.24, 2.45) is 7.05 Å². The molecule has 5 heteroatoms. The number of methoxy groups -OCH3 is 1. The molecule has 0 saturated carbocycles. The van der Waals surface area contributed by atoms with E-state index in [2.05, 4.69) is 20.9 Å². The summed E-state index contributed by atoms with van der Waals surface area (Å²) in [4.78, 5) is 15.8.